The molecule has 2 aromatic carbocycles. The molecular weight excluding hydrogens is 378 g/mol. The number of rotatable bonds is 4. The van der Waals surface area contributed by atoms with E-state index < -0.39 is 0 Å². The second-order valence-electron chi connectivity index (χ2n) is 8.29. The summed E-state index contributed by atoms with van der Waals surface area (Å²) in [6.45, 7) is 6.10. The van der Waals surface area contributed by atoms with E-state index in [9.17, 15) is 4.79 Å². The number of hydrogen-bond acceptors (Lipinski definition) is 5. The van der Waals surface area contributed by atoms with Crippen LogP contribution in [0.5, 0.6) is 11.5 Å². The van der Waals surface area contributed by atoms with Gasteiger partial charge in [0.15, 0.2) is 5.76 Å². The average Bonchev–Trinajstić information content (AvgIpc) is 2.74. The van der Waals surface area contributed by atoms with E-state index in [1.54, 1.807) is 7.11 Å². The molecule has 1 aliphatic heterocycles. The van der Waals surface area contributed by atoms with Gasteiger partial charge in [0.2, 0.25) is 11.2 Å². The van der Waals surface area contributed by atoms with Crippen molar-refractivity contribution in [3.63, 3.8) is 0 Å². The number of benzene rings is 2. The van der Waals surface area contributed by atoms with Crippen molar-refractivity contribution in [2.75, 3.05) is 34.4 Å². The summed E-state index contributed by atoms with van der Waals surface area (Å²) in [5, 5.41) is 0.592. The number of aryl methyl sites for hydroxylation is 2. The van der Waals surface area contributed by atoms with Gasteiger partial charge in [-0.05, 0) is 93.7 Å². The van der Waals surface area contributed by atoms with E-state index in [1.165, 1.54) is 7.11 Å². The lowest BCUT2D eigenvalue weighted by molar-refractivity contribution is 0.255. The van der Waals surface area contributed by atoms with E-state index in [4.69, 9.17) is 13.9 Å². The Hall–Kier alpha value is -2.79. The second kappa shape index (κ2) is 8.15. The van der Waals surface area contributed by atoms with Gasteiger partial charge in [-0.1, -0.05) is 6.07 Å². The fourth-order valence-electron chi connectivity index (χ4n) is 4.48. The lowest BCUT2D eigenvalue weighted by Crippen LogP contribution is -2.29. The smallest absolute Gasteiger partial charge is 0.235 e. The molecule has 0 aliphatic carbocycles. The van der Waals surface area contributed by atoms with Gasteiger partial charge < -0.3 is 18.8 Å². The van der Waals surface area contributed by atoms with Gasteiger partial charge in [0.05, 0.1) is 19.6 Å². The minimum absolute atomic E-state index is 0.125. The summed E-state index contributed by atoms with van der Waals surface area (Å²) in [5.41, 5.74) is 4.53. The van der Waals surface area contributed by atoms with E-state index in [1.807, 2.05) is 38.1 Å². The van der Waals surface area contributed by atoms with Crippen LogP contribution in [-0.4, -0.2) is 39.3 Å². The van der Waals surface area contributed by atoms with Gasteiger partial charge in [0.25, 0.3) is 0 Å². The van der Waals surface area contributed by atoms with Crippen molar-refractivity contribution in [3.8, 4) is 22.8 Å². The molecule has 1 aromatic heterocycles. The average molecular weight is 408 g/mol. The van der Waals surface area contributed by atoms with Crippen LogP contribution in [0.15, 0.2) is 39.5 Å². The first kappa shape index (κ1) is 20.5. The SMILES string of the molecule is COc1ccc(-c2oc3c(C4CCN(C)CC4)cc(C)cc3c(=O)c2OC)cc1C. The van der Waals surface area contributed by atoms with Crippen LogP contribution >= 0.6 is 0 Å². The van der Waals surface area contributed by atoms with E-state index in [2.05, 4.69) is 18.0 Å². The highest BCUT2D eigenvalue weighted by molar-refractivity contribution is 5.85. The maximum Gasteiger partial charge on any atom is 0.235 e. The number of nitrogens with zero attached hydrogens (tertiary/aromatic N) is 1. The Labute approximate surface area is 177 Å². The maximum absolute atomic E-state index is 13.4. The van der Waals surface area contributed by atoms with Crippen molar-refractivity contribution in [1.82, 2.24) is 4.90 Å². The van der Waals surface area contributed by atoms with E-state index in [-0.39, 0.29) is 11.2 Å². The zero-order valence-corrected chi connectivity index (χ0v) is 18.4. The van der Waals surface area contributed by atoms with Crippen LogP contribution in [0.25, 0.3) is 22.3 Å². The van der Waals surface area contributed by atoms with Gasteiger partial charge in [-0.2, -0.15) is 0 Å². The molecule has 0 radical (unpaired) electrons. The highest BCUT2D eigenvalue weighted by atomic mass is 16.5. The van der Waals surface area contributed by atoms with Crippen LogP contribution in [0, 0.1) is 13.8 Å². The number of ether oxygens (including phenoxy) is 2. The molecular formula is C25H29NO4. The standard InChI is InChI=1S/C25H29NO4/c1-15-12-19(17-8-10-26(3)11-9-17)24-20(13-15)22(27)25(29-5)23(30-24)18-6-7-21(28-4)16(2)14-18/h6-7,12-14,17H,8-11H2,1-5H3. The molecule has 1 fully saturated rings. The first-order valence-corrected chi connectivity index (χ1v) is 10.4. The molecule has 0 unspecified atom stereocenters. The normalized spacial score (nSPS) is 15.5. The third-order valence-corrected chi connectivity index (χ3v) is 6.14. The van der Waals surface area contributed by atoms with Crippen LogP contribution < -0.4 is 14.9 Å². The zero-order valence-electron chi connectivity index (χ0n) is 18.4. The van der Waals surface area contributed by atoms with Crippen molar-refractivity contribution in [1.29, 1.82) is 0 Å². The number of fused-ring (bicyclic) bond motifs is 1. The van der Waals surface area contributed by atoms with Crippen LogP contribution in [0.3, 0.4) is 0 Å². The van der Waals surface area contributed by atoms with Crippen molar-refractivity contribution in [2.24, 2.45) is 0 Å². The molecule has 158 valence electrons. The third kappa shape index (κ3) is 3.58. The summed E-state index contributed by atoms with van der Waals surface area (Å²) in [7, 11) is 5.32. The summed E-state index contributed by atoms with van der Waals surface area (Å²) in [6, 6.07) is 9.85. The van der Waals surface area contributed by atoms with Crippen molar-refractivity contribution in [3.05, 3.63) is 57.2 Å². The van der Waals surface area contributed by atoms with E-state index in [0.717, 1.165) is 53.9 Å². The lowest BCUT2D eigenvalue weighted by Gasteiger charge is -2.29. The van der Waals surface area contributed by atoms with Crippen molar-refractivity contribution in [2.45, 2.75) is 32.6 Å². The van der Waals surface area contributed by atoms with E-state index >= 15 is 0 Å². The maximum atomic E-state index is 13.4. The number of likely N-dealkylation sites (tertiary alicyclic amines) is 1. The molecule has 2 heterocycles. The fraction of sp³-hybridized carbons (Fsp3) is 0.400. The summed E-state index contributed by atoms with van der Waals surface area (Å²) < 4.78 is 17.4. The van der Waals surface area contributed by atoms with Gasteiger partial charge in [-0.3, -0.25) is 4.79 Å². The monoisotopic (exact) mass is 407 g/mol. The molecule has 5 heteroatoms. The fourth-order valence-corrected chi connectivity index (χ4v) is 4.48. The van der Waals surface area contributed by atoms with Crippen molar-refractivity contribution >= 4 is 11.0 Å². The Morgan fingerprint density at radius 1 is 1.03 bits per heavy atom. The van der Waals surface area contributed by atoms with Gasteiger partial charge in [-0.15, -0.1) is 0 Å². The van der Waals surface area contributed by atoms with Gasteiger partial charge in [0.1, 0.15) is 11.3 Å². The Bertz CT molecular complexity index is 1140. The number of hydrogen-bond donors (Lipinski definition) is 0. The minimum atomic E-state index is -0.125. The van der Waals surface area contributed by atoms with Crippen LogP contribution in [-0.2, 0) is 0 Å². The molecule has 0 atom stereocenters. The number of methoxy groups -OCH3 is 2. The highest BCUT2D eigenvalue weighted by Gasteiger charge is 2.25. The Morgan fingerprint density at radius 3 is 2.40 bits per heavy atom. The molecule has 0 amide bonds. The van der Waals surface area contributed by atoms with Crippen LogP contribution in [0.1, 0.15) is 35.4 Å². The predicted molar refractivity (Wildman–Crippen MR) is 120 cm³/mol. The van der Waals surface area contributed by atoms with Gasteiger partial charge in [-0.25, -0.2) is 0 Å². The summed E-state index contributed by atoms with van der Waals surface area (Å²) in [6.07, 6.45) is 2.11. The van der Waals surface area contributed by atoms with Crippen LogP contribution in [0.2, 0.25) is 0 Å². The predicted octanol–water partition coefficient (Wildman–Crippen LogP) is 4.90. The molecule has 0 spiro atoms. The summed E-state index contributed by atoms with van der Waals surface area (Å²) in [5.74, 6) is 1.89. The minimum Gasteiger partial charge on any atom is -0.496 e. The Balaban J connectivity index is 1.95. The Morgan fingerprint density at radius 2 is 1.77 bits per heavy atom. The molecule has 1 aliphatic rings. The molecule has 0 bridgehead atoms. The molecule has 5 nitrogen and oxygen atoms in total. The molecule has 4 rings (SSSR count). The number of piperidine rings is 1. The first-order valence-electron chi connectivity index (χ1n) is 10.4. The van der Waals surface area contributed by atoms with Gasteiger partial charge >= 0.3 is 0 Å². The van der Waals surface area contributed by atoms with Gasteiger partial charge in [0, 0.05) is 5.56 Å². The second-order valence-corrected chi connectivity index (χ2v) is 8.29. The molecule has 3 aromatic rings. The lowest BCUT2D eigenvalue weighted by atomic mass is 9.87. The first-order chi connectivity index (χ1) is 14.4. The topological polar surface area (TPSA) is 51.9 Å². The van der Waals surface area contributed by atoms with Crippen LogP contribution in [0.4, 0.5) is 0 Å². The Kier molecular flexibility index (Phi) is 5.56. The molecule has 1 saturated heterocycles. The van der Waals surface area contributed by atoms with Crippen molar-refractivity contribution < 1.29 is 13.9 Å². The summed E-state index contributed by atoms with van der Waals surface area (Å²) in [4.78, 5) is 15.7. The third-order valence-electron chi connectivity index (χ3n) is 6.14. The zero-order chi connectivity index (χ0) is 21.4. The molecule has 30 heavy (non-hydrogen) atoms. The summed E-state index contributed by atoms with van der Waals surface area (Å²) >= 11 is 0. The largest absolute Gasteiger partial charge is 0.496 e. The molecule has 0 saturated carbocycles. The molecule has 0 N–H and O–H groups in total. The highest BCUT2D eigenvalue weighted by Crippen LogP contribution is 2.38. The quantitative estimate of drug-likeness (QED) is 0.615. The van der Waals surface area contributed by atoms with E-state index in [0.29, 0.717) is 22.6 Å².